The first-order chi connectivity index (χ1) is 17.8. The number of phenols is 1. The summed E-state index contributed by atoms with van der Waals surface area (Å²) in [7, 11) is 0. The number of tetrazole rings is 1. The lowest BCUT2D eigenvalue weighted by Gasteiger charge is -2.28. The molecule has 0 saturated heterocycles. The van der Waals surface area contributed by atoms with Gasteiger partial charge in [-0.1, -0.05) is 24.6 Å². The van der Waals surface area contributed by atoms with Crippen LogP contribution in [0, 0.1) is 13.8 Å². The largest absolute Gasteiger partial charge is 0.505 e. The number of H-pyrrole nitrogens is 1. The van der Waals surface area contributed by atoms with Crippen molar-refractivity contribution in [1.82, 2.24) is 20.6 Å². The van der Waals surface area contributed by atoms with Crippen LogP contribution in [0.5, 0.6) is 5.75 Å². The van der Waals surface area contributed by atoms with Gasteiger partial charge in [-0.15, -0.1) is 5.10 Å². The number of imide groups is 1. The monoisotopic (exact) mass is 499 g/mol. The fourth-order valence-electron chi connectivity index (χ4n) is 5.10. The molecule has 2 heterocycles. The summed E-state index contributed by atoms with van der Waals surface area (Å²) in [4.78, 5) is 27.2. The summed E-state index contributed by atoms with van der Waals surface area (Å²) in [5.41, 5.74) is 7.18. The number of carbonyl (C=O) groups excluding carboxylic acids is 2. The first-order valence-electron chi connectivity index (χ1n) is 12.4. The van der Waals surface area contributed by atoms with Crippen molar-refractivity contribution in [2.24, 2.45) is 5.10 Å². The van der Waals surface area contributed by atoms with Gasteiger partial charge in [-0.2, -0.15) is 5.10 Å². The van der Waals surface area contributed by atoms with Crippen LogP contribution in [-0.2, 0) is 9.59 Å². The summed E-state index contributed by atoms with van der Waals surface area (Å²) in [6, 6.07) is 10.9. The first-order valence-corrected chi connectivity index (χ1v) is 12.4. The molecule has 1 fully saturated rings. The molecule has 0 spiro atoms. The third kappa shape index (κ3) is 4.74. The van der Waals surface area contributed by atoms with Gasteiger partial charge in [-0.3, -0.25) is 15.0 Å². The second kappa shape index (κ2) is 9.96. The number of benzene rings is 2. The number of aromatic hydroxyl groups is 1. The molecule has 10 nitrogen and oxygen atoms in total. The maximum Gasteiger partial charge on any atom is 0.286 e. The van der Waals surface area contributed by atoms with E-state index in [1.165, 1.54) is 6.08 Å². The number of aryl methyl sites for hydroxylation is 2. The fraction of sp³-hybridized carbons (Fsp3) is 0.333. The van der Waals surface area contributed by atoms with Crippen molar-refractivity contribution in [2.75, 3.05) is 10.3 Å². The Morgan fingerprint density at radius 1 is 1.08 bits per heavy atom. The SMILES string of the molecule is CC1=CC(=O)N(c2ccc(C)c(C)c2)C(=O)C1=NNc1cccc(C2CCCC(c3nnn[nH]3)C2)c1O. The van der Waals surface area contributed by atoms with Crippen LogP contribution in [0.25, 0.3) is 0 Å². The van der Waals surface area contributed by atoms with Gasteiger partial charge in [0.15, 0.2) is 11.5 Å². The number of para-hydroxylation sites is 1. The summed E-state index contributed by atoms with van der Waals surface area (Å²) >= 11 is 0. The number of anilines is 2. The number of rotatable bonds is 5. The average molecular weight is 500 g/mol. The van der Waals surface area contributed by atoms with Gasteiger partial charge in [-0.05, 0) is 96.8 Å². The van der Waals surface area contributed by atoms with Crippen molar-refractivity contribution in [3.63, 3.8) is 0 Å². The van der Waals surface area contributed by atoms with Gasteiger partial charge in [0, 0.05) is 12.0 Å². The van der Waals surface area contributed by atoms with E-state index in [4.69, 9.17) is 0 Å². The first kappa shape index (κ1) is 24.4. The molecule has 1 aliphatic heterocycles. The van der Waals surface area contributed by atoms with Gasteiger partial charge >= 0.3 is 0 Å². The second-order valence-corrected chi connectivity index (χ2v) is 9.74. The number of amides is 2. The van der Waals surface area contributed by atoms with Gasteiger partial charge in [0.2, 0.25) is 0 Å². The van der Waals surface area contributed by atoms with E-state index in [1.54, 1.807) is 19.1 Å². The average Bonchev–Trinajstić information content (AvgIpc) is 3.42. The van der Waals surface area contributed by atoms with Crippen LogP contribution in [-0.4, -0.2) is 43.3 Å². The van der Waals surface area contributed by atoms with Gasteiger partial charge in [0.05, 0.1) is 11.4 Å². The number of hydrazone groups is 1. The van der Waals surface area contributed by atoms with Crippen LogP contribution in [0.2, 0.25) is 0 Å². The number of phenolic OH excluding ortho intramolecular Hbond substituents is 1. The molecule has 3 N–H and O–H groups in total. The van der Waals surface area contributed by atoms with Crippen LogP contribution in [0.4, 0.5) is 11.4 Å². The molecule has 2 amide bonds. The molecule has 1 aliphatic carbocycles. The minimum absolute atomic E-state index is 0.0974. The fourth-order valence-corrected chi connectivity index (χ4v) is 5.10. The highest BCUT2D eigenvalue weighted by Crippen LogP contribution is 2.44. The Balaban J connectivity index is 1.39. The molecule has 10 heteroatoms. The topological polar surface area (TPSA) is 136 Å². The molecule has 37 heavy (non-hydrogen) atoms. The zero-order valence-electron chi connectivity index (χ0n) is 21.0. The zero-order chi connectivity index (χ0) is 26.1. The van der Waals surface area contributed by atoms with Crippen molar-refractivity contribution < 1.29 is 14.7 Å². The maximum absolute atomic E-state index is 13.3. The Morgan fingerprint density at radius 3 is 2.65 bits per heavy atom. The third-order valence-electron chi connectivity index (χ3n) is 7.31. The Labute approximate surface area is 214 Å². The minimum atomic E-state index is -0.521. The van der Waals surface area contributed by atoms with E-state index >= 15 is 0 Å². The molecular formula is C27H29N7O3. The van der Waals surface area contributed by atoms with Gasteiger partial charge in [0.25, 0.3) is 11.8 Å². The third-order valence-corrected chi connectivity index (χ3v) is 7.31. The number of hydrogen-bond donors (Lipinski definition) is 3. The molecule has 5 rings (SSSR count). The predicted octanol–water partition coefficient (Wildman–Crippen LogP) is 4.25. The summed E-state index contributed by atoms with van der Waals surface area (Å²) in [6.07, 6.45) is 5.14. The van der Waals surface area contributed by atoms with Crippen molar-refractivity contribution in [3.05, 3.63) is 70.6 Å². The van der Waals surface area contributed by atoms with Gasteiger partial charge in [0.1, 0.15) is 5.75 Å². The van der Waals surface area contributed by atoms with Crippen LogP contribution >= 0.6 is 0 Å². The van der Waals surface area contributed by atoms with Crippen molar-refractivity contribution >= 4 is 28.9 Å². The Morgan fingerprint density at radius 2 is 1.89 bits per heavy atom. The van der Waals surface area contributed by atoms with E-state index in [0.29, 0.717) is 16.9 Å². The molecule has 1 saturated carbocycles. The summed E-state index contributed by atoms with van der Waals surface area (Å²) in [5.74, 6) is 0.266. The summed E-state index contributed by atoms with van der Waals surface area (Å²) in [5, 5.41) is 29.8. The molecular weight excluding hydrogens is 470 g/mol. The zero-order valence-corrected chi connectivity index (χ0v) is 21.0. The lowest BCUT2D eigenvalue weighted by atomic mass is 9.77. The number of hydrogen-bond acceptors (Lipinski definition) is 8. The number of nitrogens with zero attached hydrogens (tertiary/aromatic N) is 5. The number of carbonyl (C=O) groups is 2. The van der Waals surface area contributed by atoms with Crippen LogP contribution in [0.1, 0.15) is 67.0 Å². The maximum atomic E-state index is 13.3. The smallest absolute Gasteiger partial charge is 0.286 e. The highest BCUT2D eigenvalue weighted by molar-refractivity contribution is 6.56. The Bertz CT molecular complexity index is 1410. The standard InChI is InChI=1S/C27H29N7O3/c1-15-10-11-20(12-16(15)2)34-23(35)13-17(3)24(27(34)37)29-28-22-9-5-8-21(25(22)36)18-6-4-7-19(14-18)26-30-32-33-31-26/h5,8-13,18-19,28,36H,4,6-7,14H2,1-3H3,(H,30,31,32,33). The Kier molecular flexibility index (Phi) is 6.56. The van der Waals surface area contributed by atoms with Crippen LogP contribution in [0.3, 0.4) is 0 Å². The van der Waals surface area contributed by atoms with Crippen molar-refractivity contribution in [3.8, 4) is 5.75 Å². The highest BCUT2D eigenvalue weighted by Gasteiger charge is 2.33. The number of aromatic nitrogens is 4. The minimum Gasteiger partial charge on any atom is -0.505 e. The molecule has 2 unspecified atom stereocenters. The lowest BCUT2D eigenvalue weighted by molar-refractivity contribution is -0.121. The Hall–Kier alpha value is -4.34. The number of aromatic amines is 1. The van der Waals surface area contributed by atoms with Crippen molar-refractivity contribution in [2.45, 2.75) is 58.3 Å². The van der Waals surface area contributed by atoms with E-state index in [2.05, 4.69) is 31.2 Å². The molecule has 2 aromatic carbocycles. The van der Waals surface area contributed by atoms with Crippen LogP contribution in [0.15, 0.2) is 53.1 Å². The van der Waals surface area contributed by atoms with Crippen LogP contribution < -0.4 is 10.3 Å². The number of nitrogens with one attached hydrogen (secondary N) is 2. The molecule has 0 radical (unpaired) electrons. The van der Waals surface area contributed by atoms with Crippen molar-refractivity contribution in [1.29, 1.82) is 0 Å². The lowest BCUT2D eigenvalue weighted by Crippen LogP contribution is -2.45. The quantitative estimate of drug-likeness (QED) is 0.271. The molecule has 2 aliphatic rings. The normalized spacial score (nSPS) is 21.3. The summed E-state index contributed by atoms with van der Waals surface area (Å²) in [6.45, 7) is 5.58. The van der Waals surface area contributed by atoms with E-state index in [9.17, 15) is 14.7 Å². The molecule has 0 bridgehead atoms. The molecule has 3 aromatic rings. The summed E-state index contributed by atoms with van der Waals surface area (Å²) < 4.78 is 0. The van der Waals surface area contributed by atoms with E-state index < -0.39 is 11.8 Å². The van der Waals surface area contributed by atoms with E-state index in [0.717, 1.165) is 53.1 Å². The molecule has 1 aromatic heterocycles. The molecule has 2 atom stereocenters. The van der Waals surface area contributed by atoms with Gasteiger partial charge < -0.3 is 5.11 Å². The van der Waals surface area contributed by atoms with E-state index in [-0.39, 0.29) is 23.3 Å². The predicted molar refractivity (Wildman–Crippen MR) is 139 cm³/mol. The van der Waals surface area contributed by atoms with E-state index in [1.807, 2.05) is 38.1 Å². The second-order valence-electron chi connectivity index (χ2n) is 9.74. The molecule has 190 valence electrons. The highest BCUT2D eigenvalue weighted by atomic mass is 16.3. The van der Waals surface area contributed by atoms with Gasteiger partial charge in [-0.25, -0.2) is 10.00 Å².